The summed E-state index contributed by atoms with van der Waals surface area (Å²) in [5.74, 6) is 0.599. The first-order valence-electron chi connectivity index (χ1n) is 10.9. The van der Waals surface area contributed by atoms with Gasteiger partial charge in [-0.1, -0.05) is 53.0 Å². The predicted molar refractivity (Wildman–Crippen MR) is 146 cm³/mol. The van der Waals surface area contributed by atoms with Gasteiger partial charge in [0.05, 0.1) is 12.0 Å². The number of nitrogen functional groups attached to an aromatic ring is 1. The maximum absolute atomic E-state index is 9.85. The maximum Gasteiger partial charge on any atom is 0.248 e. The summed E-state index contributed by atoms with van der Waals surface area (Å²) in [4.78, 5) is 8.45. The highest BCUT2D eigenvalue weighted by Gasteiger charge is 2.19. The second kappa shape index (κ2) is 10.6. The van der Waals surface area contributed by atoms with Gasteiger partial charge >= 0.3 is 0 Å². The molecule has 1 aromatic heterocycles. The topological polar surface area (TPSA) is 96.8 Å². The summed E-state index contributed by atoms with van der Waals surface area (Å²) in [6.07, 6.45) is 1.36. The smallest absolute Gasteiger partial charge is 0.248 e. The molecule has 4 aromatic rings. The van der Waals surface area contributed by atoms with Crippen molar-refractivity contribution < 1.29 is 4.74 Å². The van der Waals surface area contributed by atoms with Crippen molar-refractivity contribution in [2.45, 2.75) is 26.7 Å². The molecule has 36 heavy (non-hydrogen) atoms. The lowest BCUT2D eigenvalue weighted by atomic mass is 9.91. The molecule has 1 unspecified atom stereocenters. The molecular weight excluding hydrogens is 517 g/mol. The maximum atomic E-state index is 9.85. The molecule has 0 aliphatic rings. The van der Waals surface area contributed by atoms with E-state index in [1.807, 2.05) is 51.1 Å². The molecular formula is C27H22Cl3N5O. The van der Waals surface area contributed by atoms with Gasteiger partial charge in [-0.15, -0.1) is 0 Å². The minimum atomic E-state index is -0.544. The van der Waals surface area contributed by atoms with E-state index in [-0.39, 0.29) is 11.6 Å². The molecule has 0 saturated carbocycles. The molecule has 0 bridgehead atoms. The predicted octanol–water partition coefficient (Wildman–Crippen LogP) is 8.14. The number of nitrogens with zero attached hydrogens (tertiary/aromatic N) is 3. The number of nitrogens with two attached hydrogens (primary N) is 1. The Balaban J connectivity index is 1.62. The van der Waals surface area contributed by atoms with Crippen LogP contribution in [0.5, 0.6) is 11.6 Å². The van der Waals surface area contributed by atoms with E-state index in [0.29, 0.717) is 37.9 Å². The van der Waals surface area contributed by atoms with Crippen LogP contribution in [0.4, 0.5) is 17.2 Å². The zero-order valence-electron chi connectivity index (χ0n) is 19.7. The van der Waals surface area contributed by atoms with Crippen molar-refractivity contribution in [1.29, 1.82) is 5.26 Å². The molecule has 6 nitrogen and oxygen atoms in total. The van der Waals surface area contributed by atoms with Gasteiger partial charge < -0.3 is 15.8 Å². The van der Waals surface area contributed by atoms with E-state index in [9.17, 15) is 5.26 Å². The summed E-state index contributed by atoms with van der Waals surface area (Å²) in [6.45, 7) is 5.71. The van der Waals surface area contributed by atoms with Gasteiger partial charge in [-0.25, -0.2) is 4.98 Å². The van der Waals surface area contributed by atoms with E-state index in [2.05, 4.69) is 21.4 Å². The van der Waals surface area contributed by atoms with Gasteiger partial charge in [-0.2, -0.15) is 10.2 Å². The molecule has 182 valence electrons. The summed E-state index contributed by atoms with van der Waals surface area (Å²) in [7, 11) is 0. The lowest BCUT2D eigenvalue weighted by Crippen LogP contribution is -2.05. The van der Waals surface area contributed by atoms with E-state index in [4.69, 9.17) is 45.3 Å². The lowest BCUT2D eigenvalue weighted by molar-refractivity contribution is 0.464. The highest BCUT2D eigenvalue weighted by Crippen LogP contribution is 2.37. The van der Waals surface area contributed by atoms with Crippen LogP contribution in [0.3, 0.4) is 0 Å². The summed E-state index contributed by atoms with van der Waals surface area (Å²) in [5, 5.41) is 14.8. The molecule has 0 spiro atoms. The summed E-state index contributed by atoms with van der Waals surface area (Å²) in [5.41, 5.74) is 11.4. The molecule has 0 fully saturated rings. The number of aryl methyl sites for hydroxylation is 3. The minimum Gasteiger partial charge on any atom is -0.437 e. The number of benzene rings is 3. The van der Waals surface area contributed by atoms with Crippen LogP contribution in [0, 0.1) is 32.1 Å². The minimum absolute atomic E-state index is 0.210. The number of anilines is 3. The number of rotatable bonds is 6. The number of aromatic nitrogens is 2. The van der Waals surface area contributed by atoms with Gasteiger partial charge in [-0.05, 0) is 78.9 Å². The van der Waals surface area contributed by atoms with Gasteiger partial charge in [0.1, 0.15) is 17.8 Å². The molecule has 0 radical (unpaired) electrons. The Labute approximate surface area is 224 Å². The third kappa shape index (κ3) is 5.34. The van der Waals surface area contributed by atoms with Crippen molar-refractivity contribution in [3.05, 3.63) is 97.7 Å². The van der Waals surface area contributed by atoms with Crippen molar-refractivity contribution in [2.24, 2.45) is 0 Å². The number of nitrogens with one attached hydrogen (secondary N) is 1. The molecule has 3 N–H and O–H groups in total. The van der Waals surface area contributed by atoms with Crippen molar-refractivity contribution in [3.8, 4) is 17.7 Å². The van der Waals surface area contributed by atoms with Crippen molar-refractivity contribution in [1.82, 2.24) is 9.97 Å². The standard InChI is InChI=1S/C27H22Cl3N5O/c1-14-10-20(21(12-31)17-4-6-18(28)7-5-17)22(29)11-23(14)35-26-25(32)27(34-13-33-26)36-19-8-15(2)24(30)16(3)9-19/h4-11,13,21H,32H2,1-3H3,(H,33,34,35). The Hall–Kier alpha value is -3.50. The van der Waals surface area contributed by atoms with E-state index >= 15 is 0 Å². The van der Waals surface area contributed by atoms with Crippen LogP contribution >= 0.6 is 34.8 Å². The van der Waals surface area contributed by atoms with E-state index < -0.39 is 5.92 Å². The number of hydrogen-bond donors (Lipinski definition) is 2. The van der Waals surface area contributed by atoms with Gasteiger partial charge in [0.25, 0.3) is 0 Å². The summed E-state index contributed by atoms with van der Waals surface area (Å²) in [6, 6.07) is 16.7. The first-order valence-corrected chi connectivity index (χ1v) is 12.1. The SMILES string of the molecule is Cc1cc(C(C#N)c2ccc(Cl)cc2)c(Cl)cc1Nc1ncnc(Oc2cc(C)c(Cl)c(C)c2)c1N. The van der Waals surface area contributed by atoms with Gasteiger partial charge in [0.2, 0.25) is 5.88 Å². The molecule has 1 heterocycles. The Morgan fingerprint density at radius 1 is 0.944 bits per heavy atom. The molecule has 0 amide bonds. The first kappa shape index (κ1) is 25.6. The second-order valence-electron chi connectivity index (χ2n) is 8.34. The average molecular weight is 539 g/mol. The quantitative estimate of drug-likeness (QED) is 0.257. The molecule has 3 aromatic carbocycles. The molecule has 1 atom stereocenters. The third-order valence-electron chi connectivity index (χ3n) is 5.71. The fourth-order valence-electron chi connectivity index (χ4n) is 3.80. The lowest BCUT2D eigenvalue weighted by Gasteiger charge is -2.17. The normalized spacial score (nSPS) is 11.6. The fraction of sp³-hybridized carbons (Fsp3) is 0.148. The molecule has 0 saturated heterocycles. The van der Waals surface area contributed by atoms with Crippen molar-refractivity contribution >= 4 is 52.0 Å². The first-order chi connectivity index (χ1) is 17.2. The number of hydrogen-bond acceptors (Lipinski definition) is 6. The van der Waals surface area contributed by atoms with Crippen LogP contribution < -0.4 is 15.8 Å². The van der Waals surface area contributed by atoms with Crippen LogP contribution in [0.2, 0.25) is 15.1 Å². The largest absolute Gasteiger partial charge is 0.437 e. The van der Waals surface area contributed by atoms with Crippen molar-refractivity contribution in [3.63, 3.8) is 0 Å². The van der Waals surface area contributed by atoms with Gasteiger partial charge in [0, 0.05) is 20.8 Å². The van der Waals surface area contributed by atoms with Crippen LogP contribution in [-0.4, -0.2) is 9.97 Å². The van der Waals surface area contributed by atoms with Crippen LogP contribution in [0.25, 0.3) is 0 Å². The summed E-state index contributed by atoms with van der Waals surface area (Å²) >= 11 is 18.9. The molecule has 4 rings (SSSR count). The Morgan fingerprint density at radius 2 is 1.61 bits per heavy atom. The number of ether oxygens (including phenoxy) is 1. The Kier molecular flexibility index (Phi) is 7.56. The van der Waals surface area contributed by atoms with Crippen LogP contribution in [-0.2, 0) is 0 Å². The van der Waals surface area contributed by atoms with Crippen LogP contribution in [0.1, 0.15) is 33.7 Å². The zero-order valence-corrected chi connectivity index (χ0v) is 22.0. The summed E-state index contributed by atoms with van der Waals surface area (Å²) < 4.78 is 5.93. The fourth-order valence-corrected chi connectivity index (χ4v) is 4.31. The highest BCUT2D eigenvalue weighted by molar-refractivity contribution is 6.32. The molecule has 0 aliphatic heterocycles. The van der Waals surface area contributed by atoms with E-state index in [1.165, 1.54) is 6.33 Å². The zero-order chi connectivity index (χ0) is 26.0. The molecule has 0 aliphatic carbocycles. The second-order valence-corrected chi connectivity index (χ2v) is 9.56. The molecule has 9 heteroatoms. The average Bonchev–Trinajstić information content (AvgIpc) is 2.84. The monoisotopic (exact) mass is 537 g/mol. The van der Waals surface area contributed by atoms with E-state index in [0.717, 1.165) is 22.3 Å². The highest BCUT2D eigenvalue weighted by atomic mass is 35.5. The Morgan fingerprint density at radius 3 is 2.25 bits per heavy atom. The van der Waals surface area contributed by atoms with Gasteiger partial charge in [-0.3, -0.25) is 0 Å². The van der Waals surface area contributed by atoms with Crippen molar-refractivity contribution in [2.75, 3.05) is 11.1 Å². The van der Waals surface area contributed by atoms with Gasteiger partial charge in [0.15, 0.2) is 5.82 Å². The third-order valence-corrected chi connectivity index (χ3v) is 6.89. The van der Waals surface area contributed by atoms with Crippen LogP contribution in [0.15, 0.2) is 54.9 Å². The van der Waals surface area contributed by atoms with E-state index in [1.54, 1.807) is 18.2 Å². The number of nitriles is 1. The Bertz CT molecular complexity index is 1460. The number of halogens is 3.